The number of amides is 1. The summed E-state index contributed by atoms with van der Waals surface area (Å²) in [6, 6.07) is 4.69. The highest BCUT2D eigenvalue weighted by Gasteiger charge is 2.21. The number of carbonyl (C=O) groups is 1. The van der Waals surface area contributed by atoms with E-state index in [0.29, 0.717) is 13.1 Å². The second kappa shape index (κ2) is 7.69. The summed E-state index contributed by atoms with van der Waals surface area (Å²) in [5.41, 5.74) is 5.59. The minimum atomic E-state index is -3.80. The van der Waals surface area contributed by atoms with Crippen molar-refractivity contribution in [2.45, 2.75) is 30.2 Å². The number of sulfonamides is 1. The van der Waals surface area contributed by atoms with Crippen LogP contribution in [-0.4, -0.2) is 49.8 Å². The molecule has 9 nitrogen and oxygen atoms in total. The molecule has 0 saturated carbocycles. The molecule has 10 heteroatoms. The first-order valence-electron chi connectivity index (χ1n) is 7.57. The fourth-order valence-corrected chi connectivity index (χ4v) is 3.46. The molecule has 1 fully saturated rings. The molecule has 0 aromatic heterocycles. The Morgan fingerprint density at radius 3 is 2.42 bits per heavy atom. The largest absolute Gasteiger partial charge is 0.343 e. The Labute approximate surface area is 140 Å². The third-order valence-corrected chi connectivity index (χ3v) is 5.36. The summed E-state index contributed by atoms with van der Waals surface area (Å²) in [7, 11) is -3.80. The molecule has 0 spiro atoms. The Bertz CT molecular complexity index is 696. The van der Waals surface area contributed by atoms with Crippen molar-refractivity contribution >= 4 is 21.6 Å². The molecule has 1 aromatic carbocycles. The van der Waals surface area contributed by atoms with Crippen LogP contribution in [0.15, 0.2) is 29.2 Å². The Kier molecular flexibility index (Phi) is 5.86. The van der Waals surface area contributed by atoms with Crippen LogP contribution >= 0.6 is 0 Å². The normalized spacial score (nSPS) is 16.1. The third-order valence-electron chi connectivity index (χ3n) is 3.88. The van der Waals surface area contributed by atoms with Crippen LogP contribution in [-0.2, 0) is 14.8 Å². The summed E-state index contributed by atoms with van der Waals surface area (Å²) in [6.07, 6.45) is 1.56. The van der Waals surface area contributed by atoms with Crippen LogP contribution in [0, 0.1) is 10.1 Å². The van der Waals surface area contributed by atoms with Crippen LogP contribution in [0.4, 0.5) is 5.69 Å². The molecular weight excluding hydrogens is 336 g/mol. The van der Waals surface area contributed by atoms with E-state index in [2.05, 4.69) is 4.72 Å². The van der Waals surface area contributed by atoms with E-state index in [-0.39, 0.29) is 35.5 Å². The van der Waals surface area contributed by atoms with Crippen LogP contribution in [0.2, 0.25) is 0 Å². The number of nitrogens with zero attached hydrogens (tertiary/aromatic N) is 2. The standard InChI is InChI=1S/C14H20N4O5S/c15-11-6-9-17(10-7-11)14(19)5-8-16-24(22,23)13-3-1-12(2-4-13)18(20)21/h1-4,11,16H,5-10,15H2. The number of piperidine rings is 1. The molecule has 1 aliphatic rings. The average molecular weight is 356 g/mol. The summed E-state index contributed by atoms with van der Waals surface area (Å²) in [6.45, 7) is 1.16. The van der Waals surface area contributed by atoms with Gasteiger partial charge in [0.25, 0.3) is 5.69 Å². The van der Waals surface area contributed by atoms with E-state index < -0.39 is 14.9 Å². The number of rotatable bonds is 6. The van der Waals surface area contributed by atoms with Gasteiger partial charge < -0.3 is 10.6 Å². The molecule has 0 unspecified atom stereocenters. The SMILES string of the molecule is NC1CCN(C(=O)CCNS(=O)(=O)c2ccc([N+](=O)[O-])cc2)CC1. The first kappa shape index (κ1) is 18.3. The van der Waals surface area contributed by atoms with E-state index in [1.165, 1.54) is 0 Å². The molecule has 132 valence electrons. The molecule has 0 aliphatic carbocycles. The minimum absolute atomic E-state index is 0.0271. The van der Waals surface area contributed by atoms with Crippen molar-refractivity contribution in [1.82, 2.24) is 9.62 Å². The lowest BCUT2D eigenvalue weighted by Crippen LogP contribution is -2.43. The summed E-state index contributed by atoms with van der Waals surface area (Å²) < 4.78 is 26.5. The molecule has 1 heterocycles. The lowest BCUT2D eigenvalue weighted by Gasteiger charge is -2.30. The number of nitro benzene ring substituents is 1. The molecule has 24 heavy (non-hydrogen) atoms. The molecule has 1 amide bonds. The number of hydrogen-bond acceptors (Lipinski definition) is 6. The Morgan fingerprint density at radius 2 is 1.88 bits per heavy atom. The van der Waals surface area contributed by atoms with Gasteiger partial charge >= 0.3 is 0 Å². The van der Waals surface area contributed by atoms with Gasteiger partial charge in [-0.1, -0.05) is 0 Å². The molecule has 1 aromatic rings. The highest BCUT2D eigenvalue weighted by Crippen LogP contribution is 2.15. The van der Waals surface area contributed by atoms with Crippen LogP contribution in [0.5, 0.6) is 0 Å². The number of nitrogens with two attached hydrogens (primary N) is 1. The maximum absolute atomic E-state index is 12.1. The second-order valence-corrected chi connectivity index (χ2v) is 7.38. The van der Waals surface area contributed by atoms with Crippen molar-refractivity contribution in [2.75, 3.05) is 19.6 Å². The summed E-state index contributed by atoms with van der Waals surface area (Å²) in [4.78, 5) is 23.6. The number of likely N-dealkylation sites (tertiary alicyclic amines) is 1. The lowest BCUT2D eigenvalue weighted by molar-refractivity contribution is -0.384. The van der Waals surface area contributed by atoms with Gasteiger partial charge in [-0.05, 0) is 25.0 Å². The van der Waals surface area contributed by atoms with Gasteiger partial charge in [0.05, 0.1) is 9.82 Å². The van der Waals surface area contributed by atoms with Crippen LogP contribution in [0.3, 0.4) is 0 Å². The van der Waals surface area contributed by atoms with Gasteiger partial charge in [-0.3, -0.25) is 14.9 Å². The van der Waals surface area contributed by atoms with Crippen molar-refractivity contribution in [3.05, 3.63) is 34.4 Å². The van der Waals surface area contributed by atoms with E-state index in [9.17, 15) is 23.3 Å². The van der Waals surface area contributed by atoms with Crippen molar-refractivity contribution in [3.8, 4) is 0 Å². The van der Waals surface area contributed by atoms with Crippen LogP contribution in [0.25, 0.3) is 0 Å². The highest BCUT2D eigenvalue weighted by molar-refractivity contribution is 7.89. The fraction of sp³-hybridized carbons (Fsp3) is 0.500. The predicted molar refractivity (Wildman–Crippen MR) is 86.7 cm³/mol. The summed E-state index contributed by atoms with van der Waals surface area (Å²) in [5, 5.41) is 10.6. The maximum atomic E-state index is 12.1. The number of nitro groups is 1. The number of carbonyl (C=O) groups excluding carboxylic acids is 1. The molecule has 0 radical (unpaired) electrons. The average Bonchev–Trinajstić information content (AvgIpc) is 2.55. The summed E-state index contributed by atoms with van der Waals surface area (Å²) >= 11 is 0. The van der Waals surface area contributed by atoms with E-state index in [0.717, 1.165) is 37.1 Å². The number of hydrogen-bond donors (Lipinski definition) is 2. The zero-order valence-electron chi connectivity index (χ0n) is 13.1. The van der Waals surface area contributed by atoms with Gasteiger partial charge in [0.1, 0.15) is 0 Å². The summed E-state index contributed by atoms with van der Waals surface area (Å²) in [5.74, 6) is -0.117. The molecule has 0 bridgehead atoms. The fourth-order valence-electron chi connectivity index (χ4n) is 2.43. The molecule has 1 saturated heterocycles. The lowest BCUT2D eigenvalue weighted by atomic mass is 10.1. The molecular formula is C14H20N4O5S. The smallest absolute Gasteiger partial charge is 0.269 e. The van der Waals surface area contributed by atoms with Crippen molar-refractivity contribution in [2.24, 2.45) is 5.73 Å². The third kappa shape index (κ3) is 4.73. The van der Waals surface area contributed by atoms with Crippen LogP contribution < -0.4 is 10.5 Å². The van der Waals surface area contributed by atoms with Gasteiger partial charge in [-0.15, -0.1) is 0 Å². The Balaban J connectivity index is 1.86. The topological polar surface area (TPSA) is 136 Å². The molecule has 3 N–H and O–H groups in total. The van der Waals surface area contributed by atoms with Crippen LogP contribution in [0.1, 0.15) is 19.3 Å². The quantitative estimate of drug-likeness (QED) is 0.552. The first-order valence-corrected chi connectivity index (χ1v) is 9.05. The highest BCUT2D eigenvalue weighted by atomic mass is 32.2. The van der Waals surface area contributed by atoms with E-state index in [1.807, 2.05) is 0 Å². The van der Waals surface area contributed by atoms with Crippen molar-refractivity contribution in [3.63, 3.8) is 0 Å². The van der Waals surface area contributed by atoms with E-state index in [1.54, 1.807) is 4.90 Å². The minimum Gasteiger partial charge on any atom is -0.343 e. The number of non-ortho nitro benzene ring substituents is 1. The maximum Gasteiger partial charge on any atom is 0.269 e. The zero-order chi connectivity index (χ0) is 17.7. The number of benzene rings is 1. The first-order chi connectivity index (χ1) is 11.3. The Hall–Kier alpha value is -2.04. The monoisotopic (exact) mass is 356 g/mol. The van der Waals surface area contributed by atoms with Gasteiger partial charge in [-0.25, -0.2) is 13.1 Å². The van der Waals surface area contributed by atoms with Gasteiger partial charge in [-0.2, -0.15) is 0 Å². The number of nitrogens with one attached hydrogen (secondary N) is 1. The van der Waals surface area contributed by atoms with Crippen molar-refractivity contribution < 1.29 is 18.1 Å². The molecule has 2 rings (SSSR count). The van der Waals surface area contributed by atoms with Gasteiger partial charge in [0.2, 0.25) is 15.9 Å². The molecule has 0 atom stereocenters. The molecule has 1 aliphatic heterocycles. The van der Waals surface area contributed by atoms with E-state index >= 15 is 0 Å². The predicted octanol–water partition coefficient (Wildman–Crippen LogP) is 0.213. The second-order valence-electron chi connectivity index (χ2n) is 5.62. The van der Waals surface area contributed by atoms with Gasteiger partial charge in [0, 0.05) is 44.2 Å². The zero-order valence-corrected chi connectivity index (χ0v) is 13.9. The van der Waals surface area contributed by atoms with Gasteiger partial charge in [0.15, 0.2) is 0 Å². The van der Waals surface area contributed by atoms with Crippen molar-refractivity contribution in [1.29, 1.82) is 0 Å². The Morgan fingerprint density at radius 1 is 1.29 bits per heavy atom. The van der Waals surface area contributed by atoms with E-state index in [4.69, 9.17) is 5.73 Å².